The minimum atomic E-state index is 0.0655. The van der Waals surface area contributed by atoms with Crippen LogP contribution in [0.25, 0.3) is 0 Å². The maximum absolute atomic E-state index is 12.5. The number of carbonyl (C=O) groups excluding carboxylic acids is 1. The van der Waals surface area contributed by atoms with Crippen molar-refractivity contribution in [1.29, 1.82) is 0 Å². The Morgan fingerprint density at radius 2 is 1.37 bits per heavy atom. The molecule has 2 heteroatoms. The van der Waals surface area contributed by atoms with Crippen molar-refractivity contribution in [3.63, 3.8) is 0 Å². The van der Waals surface area contributed by atoms with Gasteiger partial charge in [0.2, 0.25) is 0 Å². The van der Waals surface area contributed by atoms with Crippen LogP contribution in [0.3, 0.4) is 0 Å². The summed E-state index contributed by atoms with van der Waals surface area (Å²) in [7, 11) is 0. The molecule has 0 amide bonds. The summed E-state index contributed by atoms with van der Waals surface area (Å²) in [6.45, 7) is 0.804. The van der Waals surface area contributed by atoms with Gasteiger partial charge in [-0.25, -0.2) is 0 Å². The van der Waals surface area contributed by atoms with Gasteiger partial charge < -0.3 is 4.74 Å². The Morgan fingerprint density at radius 3 is 1.96 bits per heavy atom. The van der Waals surface area contributed by atoms with Crippen LogP contribution >= 0.6 is 0 Å². The average molecular weight is 360 g/mol. The predicted octanol–water partition coefficient (Wildman–Crippen LogP) is 5.90. The fraction of sp³-hybridized carbons (Fsp3) is 0.480. The van der Waals surface area contributed by atoms with E-state index in [0.717, 1.165) is 41.2 Å². The monoisotopic (exact) mass is 360 g/mol. The molecule has 0 radical (unpaired) electrons. The largest absolute Gasteiger partial charge is 0.494 e. The van der Waals surface area contributed by atoms with Crippen LogP contribution in [0.1, 0.15) is 60.9 Å². The Balaban J connectivity index is 1.18. The van der Waals surface area contributed by atoms with E-state index in [4.69, 9.17) is 4.74 Å². The van der Waals surface area contributed by atoms with Gasteiger partial charge >= 0.3 is 0 Å². The van der Waals surface area contributed by atoms with E-state index in [1.54, 1.807) is 0 Å². The van der Waals surface area contributed by atoms with Gasteiger partial charge in [-0.1, -0.05) is 30.3 Å². The molecule has 27 heavy (non-hydrogen) atoms. The smallest absolute Gasteiger partial charge is 0.193 e. The normalized spacial score (nSPS) is 31.0. The fourth-order valence-electron chi connectivity index (χ4n) is 6.44. The highest BCUT2D eigenvalue weighted by molar-refractivity contribution is 6.08. The van der Waals surface area contributed by atoms with Crippen LogP contribution in [0.2, 0.25) is 0 Å². The molecule has 0 unspecified atom stereocenters. The molecule has 4 bridgehead atoms. The van der Waals surface area contributed by atoms with Crippen LogP contribution in [-0.2, 0) is 0 Å². The first kappa shape index (κ1) is 17.0. The molecule has 0 N–H and O–H groups in total. The summed E-state index contributed by atoms with van der Waals surface area (Å²) in [6, 6.07) is 17.1. The van der Waals surface area contributed by atoms with Crippen molar-refractivity contribution >= 4 is 5.78 Å². The predicted molar refractivity (Wildman–Crippen MR) is 107 cm³/mol. The van der Waals surface area contributed by atoms with Crippen molar-refractivity contribution in [1.82, 2.24) is 0 Å². The highest BCUT2D eigenvalue weighted by atomic mass is 16.5. The molecule has 4 fully saturated rings. The molecule has 0 spiro atoms. The van der Waals surface area contributed by atoms with Gasteiger partial charge in [0, 0.05) is 11.1 Å². The molecular formula is C25H28O2. The van der Waals surface area contributed by atoms with Crippen molar-refractivity contribution < 1.29 is 9.53 Å². The zero-order valence-corrected chi connectivity index (χ0v) is 15.9. The van der Waals surface area contributed by atoms with Gasteiger partial charge in [-0.05, 0) is 92.4 Å². The van der Waals surface area contributed by atoms with Crippen LogP contribution < -0.4 is 4.74 Å². The highest BCUT2D eigenvalue weighted by Crippen LogP contribution is 2.61. The van der Waals surface area contributed by atoms with Crippen molar-refractivity contribution in [2.75, 3.05) is 6.61 Å². The Bertz CT molecular complexity index is 771. The molecule has 2 aromatic carbocycles. The Kier molecular flexibility index (Phi) is 4.30. The number of benzene rings is 2. The van der Waals surface area contributed by atoms with Gasteiger partial charge in [0.1, 0.15) is 5.75 Å². The molecule has 140 valence electrons. The molecule has 4 saturated carbocycles. The lowest BCUT2D eigenvalue weighted by molar-refractivity contribution is -0.0622. The van der Waals surface area contributed by atoms with Gasteiger partial charge in [0.15, 0.2) is 5.78 Å². The van der Waals surface area contributed by atoms with Crippen molar-refractivity contribution in [3.8, 4) is 5.75 Å². The Hall–Kier alpha value is -2.09. The summed E-state index contributed by atoms with van der Waals surface area (Å²) < 4.78 is 6.07. The molecule has 4 aliphatic carbocycles. The van der Waals surface area contributed by atoms with E-state index in [2.05, 4.69) is 0 Å². The third-order valence-electron chi connectivity index (χ3n) is 7.22. The number of ketones is 1. The Labute approximate surface area is 161 Å². The third kappa shape index (κ3) is 3.42. The number of rotatable bonds is 6. The topological polar surface area (TPSA) is 26.3 Å². The number of carbonyl (C=O) groups is 1. The average Bonchev–Trinajstić information content (AvgIpc) is 2.67. The number of hydrogen-bond donors (Lipinski definition) is 0. The molecule has 4 aliphatic rings. The molecule has 2 nitrogen and oxygen atoms in total. The minimum Gasteiger partial charge on any atom is -0.494 e. The van der Waals surface area contributed by atoms with Gasteiger partial charge in [-0.2, -0.15) is 0 Å². The van der Waals surface area contributed by atoms with Crippen LogP contribution in [0.15, 0.2) is 54.6 Å². The molecule has 0 aliphatic heterocycles. The lowest BCUT2D eigenvalue weighted by atomic mass is 9.49. The summed E-state index contributed by atoms with van der Waals surface area (Å²) in [6.07, 6.45) is 10.00. The Morgan fingerprint density at radius 1 is 0.815 bits per heavy atom. The standard InChI is InChI=1S/C25H28O2/c26-24(21-4-2-1-3-5-21)22-6-8-23(9-7-22)27-11-10-25-15-18-12-19(16-25)14-20(13-18)17-25/h1-9,18-20H,10-17H2. The third-order valence-corrected chi connectivity index (χ3v) is 7.22. The summed E-state index contributed by atoms with van der Waals surface area (Å²) >= 11 is 0. The maximum Gasteiger partial charge on any atom is 0.193 e. The van der Waals surface area contributed by atoms with Crippen LogP contribution in [0, 0.1) is 23.2 Å². The highest BCUT2D eigenvalue weighted by Gasteiger charge is 2.50. The van der Waals surface area contributed by atoms with Gasteiger partial charge in [-0.15, -0.1) is 0 Å². The van der Waals surface area contributed by atoms with Crippen molar-refractivity contribution in [2.24, 2.45) is 23.2 Å². The van der Waals surface area contributed by atoms with Crippen molar-refractivity contribution in [3.05, 3.63) is 65.7 Å². The van der Waals surface area contributed by atoms with Crippen LogP contribution in [-0.4, -0.2) is 12.4 Å². The summed E-state index contributed by atoms with van der Waals surface area (Å²) in [5.74, 6) is 3.94. The first-order valence-corrected chi connectivity index (χ1v) is 10.5. The molecule has 0 atom stereocenters. The van der Waals surface area contributed by atoms with Crippen LogP contribution in [0.5, 0.6) is 5.75 Å². The van der Waals surface area contributed by atoms with E-state index in [-0.39, 0.29) is 5.78 Å². The molecule has 2 aromatic rings. The van der Waals surface area contributed by atoms with E-state index < -0.39 is 0 Å². The quantitative estimate of drug-likeness (QED) is 0.599. The first-order chi connectivity index (χ1) is 13.2. The second kappa shape index (κ2) is 6.82. The molecule has 0 heterocycles. The fourth-order valence-corrected chi connectivity index (χ4v) is 6.44. The van der Waals surface area contributed by atoms with Crippen molar-refractivity contribution in [2.45, 2.75) is 44.9 Å². The summed E-state index contributed by atoms with van der Waals surface area (Å²) in [4.78, 5) is 12.5. The molecule has 6 rings (SSSR count). The second-order valence-electron chi connectivity index (χ2n) is 9.24. The SMILES string of the molecule is O=C(c1ccccc1)c1ccc(OCCC23CC4CC(CC(C4)C2)C3)cc1. The zero-order chi connectivity index (χ0) is 18.3. The lowest BCUT2D eigenvalue weighted by Gasteiger charge is -2.57. The molecular weight excluding hydrogens is 332 g/mol. The zero-order valence-electron chi connectivity index (χ0n) is 15.9. The van der Waals surface area contributed by atoms with E-state index in [1.807, 2.05) is 54.6 Å². The van der Waals surface area contributed by atoms with E-state index in [9.17, 15) is 4.79 Å². The summed E-state index contributed by atoms with van der Waals surface area (Å²) in [5.41, 5.74) is 2.01. The van der Waals surface area contributed by atoms with Gasteiger partial charge in [0.25, 0.3) is 0 Å². The molecule has 0 saturated heterocycles. The summed E-state index contributed by atoms with van der Waals surface area (Å²) in [5, 5.41) is 0. The first-order valence-electron chi connectivity index (χ1n) is 10.5. The van der Waals surface area contributed by atoms with E-state index in [1.165, 1.54) is 44.9 Å². The van der Waals surface area contributed by atoms with Gasteiger partial charge in [-0.3, -0.25) is 4.79 Å². The minimum absolute atomic E-state index is 0.0655. The maximum atomic E-state index is 12.5. The number of hydrogen-bond acceptors (Lipinski definition) is 2. The van der Waals surface area contributed by atoms with Gasteiger partial charge in [0.05, 0.1) is 6.61 Å². The second-order valence-corrected chi connectivity index (χ2v) is 9.24. The molecule has 0 aromatic heterocycles. The number of ether oxygens (including phenoxy) is 1. The lowest BCUT2D eigenvalue weighted by Crippen LogP contribution is -2.46. The van der Waals surface area contributed by atoms with E-state index >= 15 is 0 Å². The van der Waals surface area contributed by atoms with Crippen LogP contribution in [0.4, 0.5) is 0 Å². The van der Waals surface area contributed by atoms with E-state index in [0.29, 0.717) is 5.41 Å².